The summed E-state index contributed by atoms with van der Waals surface area (Å²) in [6, 6.07) is 0. The van der Waals surface area contributed by atoms with E-state index < -0.39 is 109 Å². The van der Waals surface area contributed by atoms with Gasteiger partial charge in [-0.2, -0.15) is 0 Å². The molecular formula is C52H76O16. The van der Waals surface area contributed by atoms with Crippen molar-refractivity contribution in [2.75, 3.05) is 27.4 Å². The summed E-state index contributed by atoms with van der Waals surface area (Å²) in [6.45, 7) is 19.4. The van der Waals surface area contributed by atoms with Gasteiger partial charge < -0.3 is 67.1 Å². The van der Waals surface area contributed by atoms with Crippen LogP contribution in [0.3, 0.4) is 0 Å². The molecule has 0 aromatic rings. The molecule has 0 saturated carbocycles. The molecule has 16 heteroatoms. The number of fused-ring (bicyclic) bond motifs is 2. The van der Waals surface area contributed by atoms with Crippen LogP contribution in [0.5, 0.6) is 0 Å². The quantitative estimate of drug-likeness (QED) is 0.164. The molecule has 1 aliphatic carbocycles. The van der Waals surface area contributed by atoms with Crippen molar-refractivity contribution in [1.82, 2.24) is 0 Å². The molecule has 7 aliphatic rings. The maximum atomic E-state index is 14.6. The Morgan fingerprint density at radius 3 is 2.38 bits per heavy atom. The molecule has 16 nitrogen and oxygen atoms in total. The molecule has 68 heavy (non-hydrogen) atoms. The van der Waals surface area contributed by atoms with Gasteiger partial charge >= 0.3 is 12.1 Å². The van der Waals surface area contributed by atoms with Crippen LogP contribution in [-0.2, 0) is 61.6 Å². The Morgan fingerprint density at radius 1 is 0.941 bits per heavy atom. The van der Waals surface area contributed by atoms with E-state index in [9.17, 15) is 19.8 Å². The summed E-state index contributed by atoms with van der Waals surface area (Å²) < 4.78 is 75.0. The second-order valence-electron chi connectivity index (χ2n) is 19.9. The number of ether oxygens (including phenoxy) is 12. The Hall–Kier alpha value is -3.26. The number of carbonyl (C=O) groups excluding carboxylic acids is 2. The van der Waals surface area contributed by atoms with Gasteiger partial charge in [-0.3, -0.25) is 4.79 Å². The number of aliphatic hydroxyl groups is 2. The van der Waals surface area contributed by atoms with Crippen molar-refractivity contribution in [2.24, 2.45) is 23.7 Å². The van der Waals surface area contributed by atoms with Crippen LogP contribution in [0.25, 0.3) is 0 Å². The molecule has 0 amide bonds. The number of esters is 1. The van der Waals surface area contributed by atoms with Crippen molar-refractivity contribution in [3.05, 3.63) is 71.9 Å². The highest BCUT2D eigenvalue weighted by atomic mass is 16.7. The maximum absolute atomic E-state index is 14.6. The molecule has 4 saturated heterocycles. The van der Waals surface area contributed by atoms with Crippen LogP contribution in [0.4, 0.5) is 4.79 Å². The molecule has 7 rings (SSSR count). The van der Waals surface area contributed by atoms with Crippen LogP contribution in [-0.4, -0.2) is 147 Å². The van der Waals surface area contributed by atoms with Crippen molar-refractivity contribution >= 4 is 12.1 Å². The van der Waals surface area contributed by atoms with Gasteiger partial charge in [0.2, 0.25) is 0 Å². The molecule has 0 aromatic heterocycles. The van der Waals surface area contributed by atoms with Crippen LogP contribution in [0.15, 0.2) is 71.9 Å². The van der Waals surface area contributed by atoms with Crippen molar-refractivity contribution in [3.8, 4) is 0 Å². The molecule has 2 bridgehead atoms. The summed E-state index contributed by atoms with van der Waals surface area (Å²) in [5.74, 6) is -2.87. The lowest BCUT2D eigenvalue weighted by Crippen LogP contribution is -2.59. The minimum atomic E-state index is -1.96. The summed E-state index contributed by atoms with van der Waals surface area (Å²) in [6.07, 6.45) is 8.27. The largest absolute Gasteiger partial charge is 0.509 e. The molecule has 20 atom stereocenters. The van der Waals surface area contributed by atoms with Crippen molar-refractivity contribution in [2.45, 2.75) is 191 Å². The number of allylic oxidation sites excluding steroid dienone is 2. The molecule has 1 unspecified atom stereocenters. The number of hydrogen-bond donors (Lipinski definition) is 2. The van der Waals surface area contributed by atoms with Crippen molar-refractivity contribution < 1.29 is 76.6 Å². The van der Waals surface area contributed by atoms with Gasteiger partial charge in [0.1, 0.15) is 42.5 Å². The van der Waals surface area contributed by atoms with Crippen LogP contribution >= 0.6 is 0 Å². The minimum Gasteiger partial charge on any atom is -0.462 e. The lowest BCUT2D eigenvalue weighted by atomic mass is 9.70. The topological polar surface area (TPSA) is 185 Å². The van der Waals surface area contributed by atoms with E-state index in [1.165, 1.54) is 6.08 Å². The predicted octanol–water partition coefficient (Wildman–Crippen LogP) is 6.72. The van der Waals surface area contributed by atoms with Gasteiger partial charge in [0, 0.05) is 51.7 Å². The van der Waals surface area contributed by atoms with Crippen LogP contribution < -0.4 is 0 Å². The second kappa shape index (κ2) is 22.4. The zero-order valence-corrected chi connectivity index (χ0v) is 41.5. The standard InChI is InChI=1S/C52H76O16/c1-12-21-59-50(55)66-46-32(7)22-38-49(54)63-37-23-36(67-51(26-37)20-19-31(6)45(68-51)28(3)13-2)18-17-30(5)44(29(4)15-14-16-35-27-60-48(46)52(35,38)56)64-42-25-40(58-11)47(34(9)62-42)65-41-24-39(57-10)43(53)33(8)61-41/h12,14-17,19-20,22,28-29,31,33-34,36-48,53,56H,1,13,18,21,23-27H2,2-11H3/b15-14+,30-17+,35-16+/t28-,29-,31-,33-,34-,36+,37-,38-,39-,40-,41-,42-,43-,44-,45+,46+,47-,48+,51?,52+/m0/s1. The van der Waals surface area contributed by atoms with E-state index in [1.807, 2.05) is 39.0 Å². The first kappa shape index (κ1) is 52.6. The Balaban J connectivity index is 1.21. The number of methoxy groups -OCH3 is 2. The van der Waals surface area contributed by atoms with E-state index in [4.69, 9.17) is 56.8 Å². The molecule has 0 aromatic carbocycles. The van der Waals surface area contributed by atoms with E-state index >= 15 is 0 Å². The lowest BCUT2D eigenvalue weighted by Gasteiger charge is -2.48. The van der Waals surface area contributed by atoms with Crippen LogP contribution in [0.1, 0.15) is 93.9 Å². The van der Waals surface area contributed by atoms with Crippen molar-refractivity contribution in [3.63, 3.8) is 0 Å². The summed E-state index contributed by atoms with van der Waals surface area (Å²) in [5.41, 5.74) is -0.108. The minimum absolute atomic E-state index is 0.0472. The van der Waals surface area contributed by atoms with Gasteiger partial charge in [0.05, 0.1) is 49.3 Å². The van der Waals surface area contributed by atoms with E-state index in [2.05, 4.69) is 39.5 Å². The molecule has 0 radical (unpaired) electrons. The zero-order valence-electron chi connectivity index (χ0n) is 41.5. The van der Waals surface area contributed by atoms with Gasteiger partial charge in [-0.05, 0) is 62.8 Å². The summed E-state index contributed by atoms with van der Waals surface area (Å²) in [4.78, 5) is 27.4. The first-order valence-corrected chi connectivity index (χ1v) is 24.6. The molecule has 1 spiro atoms. The predicted molar refractivity (Wildman–Crippen MR) is 248 cm³/mol. The molecule has 6 aliphatic heterocycles. The lowest BCUT2D eigenvalue weighted by molar-refractivity contribution is -0.318. The van der Waals surface area contributed by atoms with E-state index in [1.54, 1.807) is 40.2 Å². The second-order valence-corrected chi connectivity index (χ2v) is 19.9. The van der Waals surface area contributed by atoms with E-state index in [-0.39, 0.29) is 43.5 Å². The fourth-order valence-corrected chi connectivity index (χ4v) is 11.0. The molecule has 380 valence electrons. The fraction of sp³-hybridized carbons (Fsp3) is 0.731. The first-order chi connectivity index (χ1) is 32.4. The first-order valence-electron chi connectivity index (χ1n) is 24.6. The number of carbonyl (C=O) groups is 2. The summed E-state index contributed by atoms with van der Waals surface area (Å²) in [5, 5.41) is 23.5. The average molecular weight is 957 g/mol. The Labute approximate surface area is 401 Å². The van der Waals surface area contributed by atoms with Crippen LogP contribution in [0, 0.1) is 23.7 Å². The van der Waals surface area contributed by atoms with Gasteiger partial charge in [-0.25, -0.2) is 4.79 Å². The SMILES string of the molecule is C=CCOC(=O)O[C@@H]1C(C)=C[C@H]2C(=O)O[C@H]3C[C@@H](C/C=C(\C)[C@@H](O[C@H]4C[C@H](OC)[C@@H](O[C@H]5C[C@H](OC)[C@@H](O)[C@H](C)O5)[C@H](C)O4)[C@@H](C)/C=C/C=C4\CO[C@H]1[C@@]42O)OC1(C=C[C@H](C)[C@@H]([C@@H](C)CC)O1)C3. The Bertz CT molecular complexity index is 1930. The maximum Gasteiger partial charge on any atom is 0.509 e. The Morgan fingerprint density at radius 2 is 1.66 bits per heavy atom. The molecule has 6 heterocycles. The molecule has 2 N–H and O–H groups in total. The third-order valence-electron chi connectivity index (χ3n) is 15.0. The highest BCUT2D eigenvalue weighted by Crippen LogP contribution is 2.48. The van der Waals surface area contributed by atoms with Crippen molar-refractivity contribution in [1.29, 1.82) is 0 Å². The smallest absolute Gasteiger partial charge is 0.462 e. The van der Waals surface area contributed by atoms with E-state index in [0.717, 1.165) is 12.0 Å². The average Bonchev–Trinajstić information content (AvgIpc) is 3.65. The van der Waals surface area contributed by atoms with Gasteiger partial charge in [-0.15, -0.1) is 0 Å². The summed E-state index contributed by atoms with van der Waals surface area (Å²) in [7, 11) is 3.20. The fourth-order valence-electron chi connectivity index (χ4n) is 11.0. The highest BCUT2D eigenvalue weighted by molar-refractivity contribution is 5.79. The number of aliphatic hydroxyl groups excluding tert-OH is 1. The highest BCUT2D eigenvalue weighted by Gasteiger charge is 2.61. The van der Waals surface area contributed by atoms with Crippen LogP contribution in [0.2, 0.25) is 0 Å². The van der Waals surface area contributed by atoms with E-state index in [0.29, 0.717) is 36.8 Å². The number of rotatable bonds is 11. The third kappa shape index (κ3) is 11.3. The van der Waals surface area contributed by atoms with Gasteiger partial charge in [0.15, 0.2) is 24.5 Å². The molecule has 4 fully saturated rings. The van der Waals surface area contributed by atoms with Gasteiger partial charge in [-0.1, -0.05) is 83.2 Å². The number of hydrogen-bond acceptors (Lipinski definition) is 16. The monoisotopic (exact) mass is 957 g/mol. The summed E-state index contributed by atoms with van der Waals surface area (Å²) >= 11 is 0. The normalized spacial score (nSPS) is 45.6. The van der Waals surface area contributed by atoms with Gasteiger partial charge in [0.25, 0.3) is 0 Å². The Kier molecular flexibility index (Phi) is 17.3. The zero-order chi connectivity index (χ0) is 49.1. The molecular weight excluding hydrogens is 881 g/mol. The third-order valence-corrected chi connectivity index (χ3v) is 15.0.